The first kappa shape index (κ1) is 17.1. The predicted molar refractivity (Wildman–Crippen MR) is 103 cm³/mol. The zero-order valence-electron chi connectivity index (χ0n) is 14.1. The van der Waals surface area contributed by atoms with Gasteiger partial charge in [-0.3, -0.25) is 0 Å². The van der Waals surface area contributed by atoms with Gasteiger partial charge in [-0.15, -0.1) is 0 Å². The van der Waals surface area contributed by atoms with Crippen molar-refractivity contribution in [2.24, 2.45) is 0 Å². The molecule has 0 spiro atoms. The first-order valence-corrected chi connectivity index (χ1v) is 9.01. The van der Waals surface area contributed by atoms with Crippen molar-refractivity contribution in [1.82, 2.24) is 9.61 Å². The maximum atomic E-state index is 6.40. The monoisotopic (exact) mass is 361 g/mol. The van der Waals surface area contributed by atoms with Crippen LogP contribution in [0.2, 0.25) is 10.0 Å². The van der Waals surface area contributed by atoms with Gasteiger partial charge in [-0.05, 0) is 50.1 Å². The number of rotatable bonds is 5. The molecule has 2 aromatic heterocycles. The Morgan fingerprint density at radius 1 is 1.12 bits per heavy atom. The van der Waals surface area contributed by atoms with Gasteiger partial charge in [0, 0.05) is 16.6 Å². The van der Waals surface area contributed by atoms with Crippen LogP contribution >= 0.6 is 23.2 Å². The minimum atomic E-state index is 0.444. The van der Waals surface area contributed by atoms with Crippen LogP contribution in [0, 0.1) is 6.92 Å². The Labute approximate surface area is 152 Å². The molecule has 1 aromatic carbocycles. The van der Waals surface area contributed by atoms with E-state index in [1.165, 1.54) is 0 Å². The number of hydrogen-bond acceptors (Lipinski definition) is 2. The van der Waals surface area contributed by atoms with Gasteiger partial charge >= 0.3 is 0 Å². The third-order valence-corrected chi connectivity index (χ3v) is 4.92. The fourth-order valence-electron chi connectivity index (χ4n) is 2.96. The molecule has 3 aromatic rings. The lowest BCUT2D eigenvalue weighted by atomic mass is 10.1. The van der Waals surface area contributed by atoms with E-state index in [4.69, 9.17) is 28.3 Å². The molecule has 0 aliphatic rings. The molecule has 5 heteroatoms. The van der Waals surface area contributed by atoms with Gasteiger partial charge in [0.05, 0.1) is 27.6 Å². The number of aryl methyl sites for hydroxylation is 1. The van der Waals surface area contributed by atoms with E-state index in [0.717, 1.165) is 41.0 Å². The van der Waals surface area contributed by atoms with Crippen LogP contribution in [0.4, 0.5) is 5.69 Å². The number of aromatic nitrogens is 2. The fourth-order valence-corrected chi connectivity index (χ4v) is 3.47. The van der Waals surface area contributed by atoms with Gasteiger partial charge < -0.3 is 5.32 Å². The van der Waals surface area contributed by atoms with Crippen molar-refractivity contribution in [2.75, 3.05) is 5.32 Å². The van der Waals surface area contributed by atoms with Crippen LogP contribution in [0.25, 0.3) is 16.8 Å². The van der Waals surface area contributed by atoms with Crippen molar-refractivity contribution < 1.29 is 0 Å². The maximum Gasteiger partial charge on any atom is 0.0903 e. The van der Waals surface area contributed by atoms with Crippen LogP contribution in [0.3, 0.4) is 0 Å². The second-order valence-corrected chi connectivity index (χ2v) is 6.79. The van der Waals surface area contributed by atoms with E-state index in [-0.39, 0.29) is 0 Å². The van der Waals surface area contributed by atoms with Gasteiger partial charge in [0.1, 0.15) is 0 Å². The maximum absolute atomic E-state index is 6.40. The summed E-state index contributed by atoms with van der Waals surface area (Å²) in [5.74, 6) is 0. The Morgan fingerprint density at radius 2 is 1.88 bits per heavy atom. The minimum absolute atomic E-state index is 0.444. The van der Waals surface area contributed by atoms with Crippen molar-refractivity contribution in [3.63, 3.8) is 0 Å². The zero-order chi connectivity index (χ0) is 17.3. The Bertz CT molecular complexity index is 866. The molecule has 0 saturated carbocycles. The lowest BCUT2D eigenvalue weighted by Gasteiger charge is -2.16. The minimum Gasteiger partial charge on any atom is -0.379 e. The fraction of sp³-hybridized carbons (Fsp3) is 0.316. The van der Waals surface area contributed by atoms with E-state index in [1.54, 1.807) is 6.07 Å². The van der Waals surface area contributed by atoms with Crippen LogP contribution in [0.1, 0.15) is 32.4 Å². The molecule has 3 nitrogen and oxygen atoms in total. The van der Waals surface area contributed by atoms with Gasteiger partial charge in [-0.25, -0.2) is 4.52 Å². The van der Waals surface area contributed by atoms with Crippen molar-refractivity contribution >= 4 is 34.4 Å². The summed E-state index contributed by atoms with van der Waals surface area (Å²) in [5.41, 5.74) is 5.01. The summed E-state index contributed by atoms with van der Waals surface area (Å²) >= 11 is 12.4. The van der Waals surface area contributed by atoms with Gasteiger partial charge in [0.15, 0.2) is 0 Å². The summed E-state index contributed by atoms with van der Waals surface area (Å²) in [7, 11) is 0. The second kappa shape index (κ2) is 7.04. The average molecular weight is 362 g/mol. The number of pyridine rings is 1. The van der Waals surface area contributed by atoms with E-state index >= 15 is 0 Å². The molecule has 0 aliphatic carbocycles. The first-order valence-electron chi connectivity index (χ1n) is 8.25. The average Bonchev–Trinajstić information content (AvgIpc) is 2.88. The van der Waals surface area contributed by atoms with Crippen LogP contribution in [0.15, 0.2) is 36.4 Å². The SMILES string of the molecule is CCC(CC)Nc1c(C)nn2c(-c3ccc(Cl)cc3Cl)cccc12. The molecule has 24 heavy (non-hydrogen) atoms. The quantitative estimate of drug-likeness (QED) is 0.584. The molecule has 0 saturated heterocycles. The van der Waals surface area contributed by atoms with Gasteiger partial charge in [-0.1, -0.05) is 43.1 Å². The van der Waals surface area contributed by atoms with Crippen LogP contribution in [0.5, 0.6) is 0 Å². The number of nitrogens with one attached hydrogen (secondary N) is 1. The van der Waals surface area contributed by atoms with E-state index in [2.05, 4.69) is 25.2 Å². The van der Waals surface area contributed by atoms with E-state index in [9.17, 15) is 0 Å². The van der Waals surface area contributed by atoms with E-state index < -0.39 is 0 Å². The van der Waals surface area contributed by atoms with Crippen LogP contribution in [-0.2, 0) is 0 Å². The molecular weight excluding hydrogens is 341 g/mol. The summed E-state index contributed by atoms with van der Waals surface area (Å²) in [6.07, 6.45) is 2.16. The summed E-state index contributed by atoms with van der Waals surface area (Å²) in [6.45, 7) is 6.42. The van der Waals surface area contributed by atoms with Gasteiger partial charge in [0.2, 0.25) is 0 Å². The molecule has 0 aliphatic heterocycles. The molecule has 0 amide bonds. The molecule has 0 unspecified atom stereocenters. The molecule has 3 rings (SSSR count). The first-order chi connectivity index (χ1) is 11.5. The molecule has 126 valence electrons. The molecular formula is C19H21Cl2N3. The zero-order valence-corrected chi connectivity index (χ0v) is 15.6. The Morgan fingerprint density at radius 3 is 2.54 bits per heavy atom. The largest absolute Gasteiger partial charge is 0.379 e. The van der Waals surface area contributed by atoms with Crippen LogP contribution < -0.4 is 5.32 Å². The highest BCUT2D eigenvalue weighted by Crippen LogP contribution is 2.33. The molecule has 0 fully saturated rings. The summed E-state index contributed by atoms with van der Waals surface area (Å²) in [5, 5.41) is 9.62. The highest BCUT2D eigenvalue weighted by Gasteiger charge is 2.16. The summed E-state index contributed by atoms with van der Waals surface area (Å²) < 4.78 is 1.95. The van der Waals surface area contributed by atoms with Gasteiger partial charge in [-0.2, -0.15) is 5.10 Å². The Kier molecular flexibility index (Phi) is 5.02. The highest BCUT2D eigenvalue weighted by molar-refractivity contribution is 6.36. The van der Waals surface area contributed by atoms with E-state index in [1.807, 2.05) is 35.7 Å². The number of halogens is 2. The number of benzene rings is 1. The van der Waals surface area contributed by atoms with Crippen molar-refractivity contribution in [2.45, 2.75) is 39.7 Å². The molecule has 0 radical (unpaired) electrons. The second-order valence-electron chi connectivity index (χ2n) is 5.95. The lowest BCUT2D eigenvalue weighted by molar-refractivity contribution is 0.672. The third kappa shape index (κ3) is 3.11. The van der Waals surface area contributed by atoms with Crippen molar-refractivity contribution in [1.29, 1.82) is 0 Å². The van der Waals surface area contributed by atoms with Gasteiger partial charge in [0.25, 0.3) is 0 Å². The Balaban J connectivity index is 2.15. The smallest absolute Gasteiger partial charge is 0.0903 e. The number of fused-ring (bicyclic) bond motifs is 1. The number of hydrogen-bond donors (Lipinski definition) is 1. The topological polar surface area (TPSA) is 29.3 Å². The third-order valence-electron chi connectivity index (χ3n) is 4.37. The van der Waals surface area contributed by atoms with Crippen molar-refractivity contribution in [3.8, 4) is 11.3 Å². The number of nitrogens with zero attached hydrogens (tertiary/aromatic N) is 2. The Hall–Kier alpha value is -1.71. The molecule has 2 heterocycles. The molecule has 0 atom stereocenters. The van der Waals surface area contributed by atoms with E-state index in [0.29, 0.717) is 16.1 Å². The van der Waals surface area contributed by atoms with Crippen LogP contribution in [-0.4, -0.2) is 15.7 Å². The standard InChI is InChI=1S/C19H21Cl2N3/c1-4-14(5-2)22-19-12(3)23-24-17(7-6-8-18(19)24)15-10-9-13(20)11-16(15)21/h6-11,14,22H,4-5H2,1-3H3. The molecule has 1 N–H and O–H groups in total. The predicted octanol–water partition coefficient (Wildman–Crippen LogP) is 6.22. The highest BCUT2D eigenvalue weighted by atomic mass is 35.5. The lowest BCUT2D eigenvalue weighted by Crippen LogP contribution is -2.17. The summed E-state index contributed by atoms with van der Waals surface area (Å²) in [6, 6.07) is 12.1. The molecule has 0 bridgehead atoms. The summed E-state index contributed by atoms with van der Waals surface area (Å²) in [4.78, 5) is 0. The normalized spacial score (nSPS) is 11.4. The number of anilines is 1. The van der Waals surface area contributed by atoms with Crippen molar-refractivity contribution in [3.05, 3.63) is 52.1 Å².